The van der Waals surface area contributed by atoms with Gasteiger partial charge in [0, 0.05) is 0 Å². The van der Waals surface area contributed by atoms with Gasteiger partial charge in [0.1, 0.15) is 0 Å². The Balaban J connectivity index is 0.000000170. The van der Waals surface area contributed by atoms with Crippen LogP contribution in [0.5, 0.6) is 0 Å². The molecule has 0 aliphatic carbocycles. The minimum absolute atomic E-state index is 0.826. The van der Waals surface area contributed by atoms with Crippen molar-refractivity contribution in [2.45, 2.75) is 0 Å². The summed E-state index contributed by atoms with van der Waals surface area (Å²) in [6.45, 7) is 0. The fraction of sp³-hybridized carbons (Fsp3) is 0. The van der Waals surface area contributed by atoms with Gasteiger partial charge in [0.25, 0.3) is 0 Å². The van der Waals surface area contributed by atoms with Crippen molar-refractivity contribution in [3.63, 3.8) is 0 Å². The van der Waals surface area contributed by atoms with Gasteiger partial charge in [-0.25, -0.2) is 12.1 Å². The zero-order chi connectivity index (χ0) is 13.2. The predicted octanol–water partition coefficient (Wildman–Crippen LogP) is 6.10. The van der Waals surface area contributed by atoms with Gasteiger partial charge in [-0.2, -0.15) is 24.3 Å². The van der Waals surface area contributed by atoms with Crippen molar-refractivity contribution in [3.05, 3.63) is 71.2 Å². The standard InChI is InChI=1S/C9H6Br.C5H5.2ClH.Zr/c10-9-5-7-3-1-2-4-8(7)6-9;1-2-4-5-3-1;;;/h1-6H;1-5H;2*1H;/q2*-1;;;+4/p-2. The van der Waals surface area contributed by atoms with Crippen molar-refractivity contribution in [2.24, 2.45) is 0 Å². The number of halogens is 3. The van der Waals surface area contributed by atoms with Gasteiger partial charge in [-0.15, -0.1) is 35.0 Å². The van der Waals surface area contributed by atoms with E-state index in [0.29, 0.717) is 0 Å². The minimum Gasteiger partial charge on any atom is -0.214 e. The molecule has 0 aliphatic heterocycles. The maximum absolute atomic E-state index is 4.93. The van der Waals surface area contributed by atoms with Crippen LogP contribution in [-0.2, 0) is 20.8 Å². The van der Waals surface area contributed by atoms with Crippen LogP contribution in [0.25, 0.3) is 10.8 Å². The summed E-state index contributed by atoms with van der Waals surface area (Å²) in [6, 6.07) is 22.6. The number of hydrogen-bond acceptors (Lipinski definition) is 0. The molecule has 3 aromatic rings. The van der Waals surface area contributed by atoms with Crippen LogP contribution in [0.15, 0.2) is 71.2 Å². The molecule has 3 rings (SSSR count). The van der Waals surface area contributed by atoms with Gasteiger partial charge < -0.3 is 0 Å². The third kappa shape index (κ3) is 6.34. The molecule has 0 aromatic heterocycles. The third-order valence-electron chi connectivity index (χ3n) is 2.14. The van der Waals surface area contributed by atoms with Crippen molar-refractivity contribution < 1.29 is 20.8 Å². The van der Waals surface area contributed by atoms with Crippen molar-refractivity contribution in [2.75, 3.05) is 0 Å². The van der Waals surface area contributed by atoms with Crippen LogP contribution in [0.1, 0.15) is 0 Å². The summed E-state index contributed by atoms with van der Waals surface area (Å²) in [5, 5.41) is 2.60. The molecule has 0 saturated carbocycles. The molecule has 0 saturated heterocycles. The van der Waals surface area contributed by atoms with Gasteiger partial charge in [0.05, 0.1) is 0 Å². The summed E-state index contributed by atoms with van der Waals surface area (Å²) in [4.78, 5) is 0. The molecule has 0 unspecified atom stereocenters. The molecule has 0 heterocycles. The van der Waals surface area contributed by atoms with Crippen molar-refractivity contribution in [1.82, 2.24) is 0 Å². The molecule has 0 fully saturated rings. The Labute approximate surface area is 134 Å². The first-order chi connectivity index (χ1) is 8.77. The second-order valence-electron chi connectivity index (χ2n) is 3.34. The first kappa shape index (κ1) is 16.2. The average Bonchev–Trinajstić information content (AvgIpc) is 3.00. The van der Waals surface area contributed by atoms with Crippen LogP contribution in [0.3, 0.4) is 0 Å². The normalized spacial score (nSPS) is 8.61. The van der Waals surface area contributed by atoms with Gasteiger partial charge in [-0.3, -0.25) is 0 Å². The second kappa shape index (κ2) is 9.98. The molecule has 0 nitrogen and oxygen atoms in total. The first-order valence-electron chi connectivity index (χ1n) is 5.22. The zero-order valence-corrected chi connectivity index (χ0v) is 15.0. The Morgan fingerprint density at radius 3 is 2.11 bits per heavy atom. The Hall–Kier alpha value is 0.123. The molecule has 4 heteroatoms. The summed E-state index contributed by atoms with van der Waals surface area (Å²) >= 11 is 2.60. The van der Waals surface area contributed by atoms with E-state index in [1.54, 1.807) is 0 Å². The average molecular weight is 421 g/mol. The van der Waals surface area contributed by atoms with Gasteiger partial charge in [0.2, 0.25) is 0 Å². The molecule has 3 aromatic carbocycles. The van der Waals surface area contributed by atoms with Crippen LogP contribution in [-0.4, -0.2) is 0 Å². The van der Waals surface area contributed by atoms with Gasteiger partial charge in [0.15, 0.2) is 0 Å². The Morgan fingerprint density at radius 2 is 1.61 bits per heavy atom. The molecule has 92 valence electrons. The number of rotatable bonds is 0. The van der Waals surface area contributed by atoms with Crippen LogP contribution in [0.2, 0.25) is 0 Å². The van der Waals surface area contributed by atoms with E-state index in [1.165, 1.54) is 10.8 Å². The van der Waals surface area contributed by atoms with E-state index in [4.69, 9.17) is 17.0 Å². The van der Waals surface area contributed by atoms with Crippen molar-refractivity contribution in [3.8, 4) is 0 Å². The van der Waals surface area contributed by atoms with Crippen LogP contribution >= 0.6 is 33.0 Å². The Kier molecular flexibility index (Phi) is 8.97. The number of hydrogen-bond donors (Lipinski definition) is 0. The molecular formula is C14H11BrCl2Zr. The molecular weight excluding hydrogens is 410 g/mol. The van der Waals surface area contributed by atoms with Crippen LogP contribution in [0.4, 0.5) is 0 Å². The summed E-state index contributed by atoms with van der Waals surface area (Å²) in [5.41, 5.74) is 0. The van der Waals surface area contributed by atoms with Gasteiger partial charge >= 0.3 is 37.9 Å². The molecule has 0 atom stereocenters. The topological polar surface area (TPSA) is 0 Å². The van der Waals surface area contributed by atoms with Crippen molar-refractivity contribution >= 4 is 43.7 Å². The SMILES string of the molecule is Brc1cc2ccccc2[cH-]1.[Cl][Zr+2][Cl].c1cc[cH-]c1. The van der Waals surface area contributed by atoms with Crippen LogP contribution in [0, 0.1) is 0 Å². The summed E-state index contributed by atoms with van der Waals surface area (Å²) in [6.07, 6.45) is 0. The molecule has 0 amide bonds. The first-order valence-corrected chi connectivity index (χ1v) is 12.3. The number of fused-ring (bicyclic) bond motifs is 1. The molecule has 0 radical (unpaired) electrons. The summed E-state index contributed by atoms with van der Waals surface area (Å²) < 4.78 is 1.16. The third-order valence-corrected chi connectivity index (χ3v) is 2.60. The molecule has 0 spiro atoms. The Bertz CT molecular complexity index is 481. The smallest absolute Gasteiger partial charge is 0.172 e. The zero-order valence-electron chi connectivity index (χ0n) is 9.48. The number of benzene rings is 1. The molecule has 0 aliphatic rings. The fourth-order valence-electron chi connectivity index (χ4n) is 1.43. The summed E-state index contributed by atoms with van der Waals surface area (Å²) in [7, 11) is 9.87. The van der Waals surface area contributed by atoms with E-state index in [0.717, 1.165) is 4.47 Å². The largest absolute Gasteiger partial charge is 0.214 e. The Morgan fingerprint density at radius 1 is 1.00 bits per heavy atom. The van der Waals surface area contributed by atoms with Gasteiger partial charge in [-0.1, -0.05) is 26.5 Å². The molecule has 0 bridgehead atoms. The van der Waals surface area contributed by atoms with E-state index in [-0.39, 0.29) is 0 Å². The van der Waals surface area contributed by atoms with E-state index in [1.807, 2.05) is 30.3 Å². The molecule has 18 heavy (non-hydrogen) atoms. The maximum Gasteiger partial charge on any atom is -0.172 e. The fourth-order valence-corrected chi connectivity index (χ4v) is 1.93. The van der Waals surface area contributed by atoms with E-state index in [9.17, 15) is 0 Å². The van der Waals surface area contributed by atoms with E-state index < -0.39 is 20.8 Å². The molecule has 0 N–H and O–H groups in total. The van der Waals surface area contributed by atoms with Gasteiger partial charge in [-0.05, 0) is 0 Å². The minimum atomic E-state index is -0.826. The van der Waals surface area contributed by atoms with E-state index >= 15 is 0 Å². The predicted molar refractivity (Wildman–Crippen MR) is 81.0 cm³/mol. The maximum atomic E-state index is 4.93. The van der Waals surface area contributed by atoms with Crippen molar-refractivity contribution in [1.29, 1.82) is 0 Å². The monoisotopic (exact) mass is 418 g/mol. The van der Waals surface area contributed by atoms with E-state index in [2.05, 4.69) is 52.3 Å². The van der Waals surface area contributed by atoms with Crippen LogP contribution < -0.4 is 0 Å². The second-order valence-corrected chi connectivity index (χ2v) is 7.98. The summed E-state index contributed by atoms with van der Waals surface area (Å²) in [5.74, 6) is 0. The quantitative estimate of drug-likeness (QED) is 0.385.